The highest BCUT2D eigenvalue weighted by Crippen LogP contribution is 2.38. The molecule has 1 aromatic carbocycles. The van der Waals surface area contributed by atoms with Gasteiger partial charge in [-0.05, 0) is 30.5 Å². The number of amides is 2. The molecule has 0 aliphatic carbocycles. The standard InChI is InChI=1S/C19H24N2O5/c1-21-15-5-4-14(11-13(15)12-17(21)22)19(25-9-10-26-19)6-7-20-18(23)16-3-2-8-24-16/h4-5,11,16H,2-3,6-10,12H2,1H3,(H,20,23). The summed E-state index contributed by atoms with van der Waals surface area (Å²) in [6.07, 6.45) is 2.27. The number of hydrogen-bond acceptors (Lipinski definition) is 5. The summed E-state index contributed by atoms with van der Waals surface area (Å²) in [7, 11) is 1.78. The number of nitrogens with zero attached hydrogens (tertiary/aromatic N) is 1. The number of hydrogen-bond donors (Lipinski definition) is 1. The van der Waals surface area contributed by atoms with Gasteiger partial charge in [0.2, 0.25) is 11.8 Å². The fourth-order valence-corrected chi connectivity index (χ4v) is 3.87. The van der Waals surface area contributed by atoms with E-state index in [1.807, 2.05) is 18.2 Å². The van der Waals surface area contributed by atoms with Crippen molar-refractivity contribution in [3.05, 3.63) is 29.3 Å². The predicted octanol–water partition coefficient (Wildman–Crippen LogP) is 1.09. The van der Waals surface area contributed by atoms with Crippen molar-refractivity contribution in [2.75, 3.05) is 38.3 Å². The van der Waals surface area contributed by atoms with Crippen molar-refractivity contribution in [1.82, 2.24) is 5.32 Å². The summed E-state index contributed by atoms with van der Waals surface area (Å²) < 4.78 is 17.3. The smallest absolute Gasteiger partial charge is 0.249 e. The highest BCUT2D eigenvalue weighted by Gasteiger charge is 2.39. The molecule has 0 bridgehead atoms. The van der Waals surface area contributed by atoms with Crippen LogP contribution >= 0.6 is 0 Å². The molecule has 3 aliphatic rings. The van der Waals surface area contributed by atoms with Gasteiger partial charge in [0.15, 0.2) is 5.79 Å². The van der Waals surface area contributed by atoms with E-state index in [-0.39, 0.29) is 17.9 Å². The third kappa shape index (κ3) is 3.11. The Labute approximate surface area is 152 Å². The number of rotatable bonds is 5. The predicted molar refractivity (Wildman–Crippen MR) is 93.7 cm³/mol. The van der Waals surface area contributed by atoms with Crippen LogP contribution < -0.4 is 10.2 Å². The molecule has 140 valence electrons. The molecule has 7 heteroatoms. The minimum absolute atomic E-state index is 0.0724. The van der Waals surface area contributed by atoms with Crippen LogP contribution in [0.25, 0.3) is 0 Å². The van der Waals surface area contributed by atoms with Crippen LogP contribution in [0.15, 0.2) is 18.2 Å². The second-order valence-corrected chi connectivity index (χ2v) is 6.97. The second kappa shape index (κ2) is 6.98. The summed E-state index contributed by atoms with van der Waals surface area (Å²) in [6.45, 7) is 2.11. The van der Waals surface area contributed by atoms with Gasteiger partial charge < -0.3 is 24.4 Å². The van der Waals surface area contributed by atoms with E-state index in [0.717, 1.165) is 29.7 Å². The maximum Gasteiger partial charge on any atom is 0.249 e. The number of ether oxygens (including phenoxy) is 3. The van der Waals surface area contributed by atoms with E-state index in [1.54, 1.807) is 11.9 Å². The Balaban J connectivity index is 1.46. The summed E-state index contributed by atoms with van der Waals surface area (Å²) in [5.74, 6) is -0.858. The normalized spacial score (nSPS) is 24.1. The highest BCUT2D eigenvalue weighted by atomic mass is 16.7. The monoisotopic (exact) mass is 360 g/mol. The van der Waals surface area contributed by atoms with E-state index < -0.39 is 5.79 Å². The molecule has 1 N–H and O–H groups in total. The second-order valence-electron chi connectivity index (χ2n) is 6.97. The summed E-state index contributed by atoms with van der Waals surface area (Å²) >= 11 is 0. The van der Waals surface area contributed by atoms with Crippen LogP contribution in [-0.2, 0) is 36.0 Å². The fraction of sp³-hybridized carbons (Fsp3) is 0.579. The third-order valence-corrected chi connectivity index (χ3v) is 5.33. The molecule has 3 heterocycles. The zero-order valence-corrected chi connectivity index (χ0v) is 15.0. The first kappa shape index (κ1) is 17.5. The molecule has 0 spiro atoms. The average Bonchev–Trinajstić information content (AvgIpc) is 3.37. The molecule has 4 rings (SSSR count). The first-order valence-electron chi connectivity index (χ1n) is 9.16. The molecule has 0 aromatic heterocycles. The summed E-state index contributed by atoms with van der Waals surface area (Å²) in [5.41, 5.74) is 2.80. The van der Waals surface area contributed by atoms with Gasteiger partial charge in [-0.2, -0.15) is 0 Å². The van der Waals surface area contributed by atoms with Crippen LogP contribution in [0, 0.1) is 0 Å². The van der Waals surface area contributed by atoms with Gasteiger partial charge in [-0.1, -0.05) is 6.07 Å². The van der Waals surface area contributed by atoms with Crippen LogP contribution in [0.4, 0.5) is 5.69 Å². The molecule has 2 fully saturated rings. The molecule has 3 aliphatic heterocycles. The lowest BCUT2D eigenvalue weighted by atomic mass is 9.98. The number of anilines is 1. The van der Waals surface area contributed by atoms with Crippen LogP contribution in [0.1, 0.15) is 30.4 Å². The number of benzene rings is 1. The number of carbonyl (C=O) groups is 2. The van der Waals surface area contributed by atoms with Crippen LogP contribution in [0.2, 0.25) is 0 Å². The Kier molecular flexibility index (Phi) is 4.69. The molecule has 0 saturated carbocycles. The molecule has 1 unspecified atom stereocenters. The topological polar surface area (TPSA) is 77.1 Å². The SMILES string of the molecule is CN1C(=O)Cc2cc(C3(CCNC(=O)C4CCCO4)OCCO3)ccc21. The molecule has 2 amide bonds. The molecular weight excluding hydrogens is 336 g/mol. The first-order chi connectivity index (χ1) is 12.6. The van der Waals surface area contributed by atoms with Crippen LogP contribution in [0.5, 0.6) is 0 Å². The van der Waals surface area contributed by atoms with E-state index in [2.05, 4.69) is 5.32 Å². The van der Waals surface area contributed by atoms with Crippen LogP contribution in [-0.4, -0.2) is 51.3 Å². The van der Waals surface area contributed by atoms with E-state index in [0.29, 0.717) is 39.2 Å². The van der Waals surface area contributed by atoms with Crippen molar-refractivity contribution >= 4 is 17.5 Å². The quantitative estimate of drug-likeness (QED) is 0.851. The molecule has 0 radical (unpaired) electrons. The number of nitrogens with one attached hydrogen (secondary N) is 1. The van der Waals surface area contributed by atoms with Gasteiger partial charge in [-0.3, -0.25) is 9.59 Å². The van der Waals surface area contributed by atoms with Crippen LogP contribution in [0.3, 0.4) is 0 Å². The summed E-state index contributed by atoms with van der Waals surface area (Å²) in [4.78, 5) is 25.7. The number of carbonyl (C=O) groups excluding carboxylic acids is 2. The highest BCUT2D eigenvalue weighted by molar-refractivity contribution is 6.00. The lowest BCUT2D eigenvalue weighted by Crippen LogP contribution is -2.38. The van der Waals surface area contributed by atoms with Crippen molar-refractivity contribution < 1.29 is 23.8 Å². The molecular formula is C19H24N2O5. The number of likely N-dealkylation sites (N-methyl/N-ethyl adjacent to an activating group) is 1. The zero-order chi connectivity index (χ0) is 18.1. The van der Waals surface area contributed by atoms with E-state index >= 15 is 0 Å². The molecule has 1 aromatic rings. The maximum absolute atomic E-state index is 12.1. The summed E-state index contributed by atoms with van der Waals surface area (Å²) in [6, 6.07) is 5.87. The molecule has 26 heavy (non-hydrogen) atoms. The van der Waals surface area contributed by atoms with E-state index in [9.17, 15) is 9.59 Å². The Hall–Kier alpha value is -1.96. The first-order valence-corrected chi connectivity index (χ1v) is 9.16. The summed E-state index contributed by atoms with van der Waals surface area (Å²) in [5, 5.41) is 2.93. The Morgan fingerprint density at radius 1 is 1.31 bits per heavy atom. The van der Waals surface area contributed by atoms with Gasteiger partial charge in [0.25, 0.3) is 0 Å². The van der Waals surface area contributed by atoms with Gasteiger partial charge in [0.05, 0.1) is 19.6 Å². The Morgan fingerprint density at radius 2 is 2.12 bits per heavy atom. The lowest BCUT2D eigenvalue weighted by Gasteiger charge is -2.29. The maximum atomic E-state index is 12.1. The van der Waals surface area contributed by atoms with Crippen molar-refractivity contribution in [1.29, 1.82) is 0 Å². The molecule has 1 atom stereocenters. The Bertz CT molecular complexity index is 708. The molecule has 2 saturated heterocycles. The van der Waals surface area contributed by atoms with Gasteiger partial charge in [-0.25, -0.2) is 0 Å². The minimum atomic E-state index is -0.872. The Morgan fingerprint density at radius 3 is 2.85 bits per heavy atom. The van der Waals surface area contributed by atoms with E-state index in [4.69, 9.17) is 14.2 Å². The van der Waals surface area contributed by atoms with Crippen molar-refractivity contribution in [3.63, 3.8) is 0 Å². The van der Waals surface area contributed by atoms with Gasteiger partial charge in [-0.15, -0.1) is 0 Å². The largest absolute Gasteiger partial charge is 0.368 e. The van der Waals surface area contributed by atoms with Gasteiger partial charge in [0.1, 0.15) is 6.10 Å². The third-order valence-electron chi connectivity index (χ3n) is 5.33. The fourth-order valence-electron chi connectivity index (χ4n) is 3.87. The van der Waals surface area contributed by atoms with Gasteiger partial charge >= 0.3 is 0 Å². The van der Waals surface area contributed by atoms with E-state index in [1.165, 1.54) is 0 Å². The lowest BCUT2D eigenvalue weighted by molar-refractivity contribution is -0.170. The van der Waals surface area contributed by atoms with Crippen molar-refractivity contribution in [3.8, 4) is 0 Å². The molecule has 7 nitrogen and oxygen atoms in total. The van der Waals surface area contributed by atoms with Gasteiger partial charge in [0, 0.05) is 37.9 Å². The van der Waals surface area contributed by atoms with Crippen molar-refractivity contribution in [2.45, 2.75) is 37.6 Å². The average molecular weight is 360 g/mol. The number of fused-ring (bicyclic) bond motifs is 1. The zero-order valence-electron chi connectivity index (χ0n) is 15.0. The van der Waals surface area contributed by atoms with Crippen molar-refractivity contribution in [2.24, 2.45) is 0 Å². The minimum Gasteiger partial charge on any atom is -0.368 e.